The van der Waals surface area contributed by atoms with Crippen LogP contribution < -0.4 is 9.47 Å². The van der Waals surface area contributed by atoms with Gasteiger partial charge in [-0.25, -0.2) is 0 Å². The molecule has 0 N–H and O–H groups in total. The summed E-state index contributed by atoms with van der Waals surface area (Å²) >= 11 is 0. The zero-order valence-corrected chi connectivity index (χ0v) is 15.1. The van der Waals surface area contributed by atoms with E-state index in [2.05, 4.69) is 29.2 Å². The third kappa shape index (κ3) is 3.53. The molecule has 5 heteroatoms. The predicted octanol–water partition coefficient (Wildman–Crippen LogP) is 2.34. The average molecular weight is 352 g/mol. The Morgan fingerprint density at radius 3 is 2.65 bits per heavy atom. The molecular formula is C21H24N2O3. The van der Waals surface area contributed by atoms with Crippen LogP contribution in [-0.2, 0) is 17.8 Å². The number of ether oxygens (including phenoxy) is 2. The fraction of sp³-hybridized carbons (Fsp3) is 0.381. The van der Waals surface area contributed by atoms with Crippen LogP contribution in [0.5, 0.6) is 11.5 Å². The predicted molar refractivity (Wildman–Crippen MR) is 99.4 cm³/mol. The summed E-state index contributed by atoms with van der Waals surface area (Å²) in [5.41, 5.74) is 2.88. The highest BCUT2D eigenvalue weighted by Gasteiger charge is 2.35. The van der Waals surface area contributed by atoms with Crippen molar-refractivity contribution in [3.05, 3.63) is 59.7 Å². The topological polar surface area (TPSA) is 42.0 Å². The third-order valence-corrected chi connectivity index (χ3v) is 5.30. The second-order valence-corrected chi connectivity index (χ2v) is 6.91. The average Bonchev–Trinajstić information content (AvgIpc) is 2.65. The van der Waals surface area contributed by atoms with E-state index >= 15 is 0 Å². The van der Waals surface area contributed by atoms with E-state index in [4.69, 9.17) is 9.47 Å². The Bertz CT molecular complexity index is 786. The Balaban J connectivity index is 1.25. The Hall–Kier alpha value is -2.53. The monoisotopic (exact) mass is 352 g/mol. The molecular weight excluding hydrogens is 328 g/mol. The molecule has 0 aromatic heterocycles. The van der Waals surface area contributed by atoms with Crippen LogP contribution in [-0.4, -0.2) is 55.1 Å². The maximum absolute atomic E-state index is 12.3. The quantitative estimate of drug-likeness (QED) is 0.828. The van der Waals surface area contributed by atoms with Gasteiger partial charge in [0.25, 0.3) is 5.91 Å². The second kappa shape index (κ2) is 7.38. The molecule has 0 radical (unpaired) electrons. The molecule has 5 nitrogen and oxygen atoms in total. The van der Waals surface area contributed by atoms with E-state index < -0.39 is 0 Å². The lowest BCUT2D eigenvalue weighted by molar-refractivity contribution is -0.141. The number of likely N-dealkylation sites (tertiary alicyclic amines) is 1. The number of amides is 1. The van der Waals surface area contributed by atoms with Crippen LogP contribution in [0.1, 0.15) is 11.1 Å². The van der Waals surface area contributed by atoms with Gasteiger partial charge in [0.05, 0.1) is 7.11 Å². The number of fused-ring (bicyclic) bond motifs is 1. The molecule has 1 saturated heterocycles. The number of rotatable bonds is 5. The first-order valence-corrected chi connectivity index (χ1v) is 9.08. The lowest BCUT2D eigenvalue weighted by Gasteiger charge is -2.46. The number of nitrogens with zero attached hydrogens (tertiary/aromatic N) is 2. The Morgan fingerprint density at radius 2 is 1.85 bits per heavy atom. The molecule has 2 aliphatic heterocycles. The molecule has 0 spiro atoms. The molecule has 2 aliphatic rings. The molecule has 1 fully saturated rings. The van der Waals surface area contributed by atoms with Gasteiger partial charge in [-0.15, -0.1) is 0 Å². The molecule has 0 bridgehead atoms. The van der Waals surface area contributed by atoms with Crippen LogP contribution in [0.4, 0.5) is 0 Å². The van der Waals surface area contributed by atoms with Gasteiger partial charge in [-0.05, 0) is 29.7 Å². The highest BCUT2D eigenvalue weighted by Crippen LogP contribution is 2.24. The minimum Gasteiger partial charge on any atom is -0.497 e. The standard InChI is InChI=1S/C21H24N2O3/c1-25-19-7-4-8-20(11-19)26-15-21(24)23-13-18(14-23)22-10-9-16-5-2-3-6-17(16)12-22/h2-8,11,18H,9-10,12-15H2,1H3. The van der Waals surface area contributed by atoms with Crippen molar-refractivity contribution in [3.63, 3.8) is 0 Å². The van der Waals surface area contributed by atoms with Gasteiger partial charge in [-0.2, -0.15) is 0 Å². The summed E-state index contributed by atoms with van der Waals surface area (Å²) in [5.74, 6) is 1.42. The number of methoxy groups -OCH3 is 1. The van der Waals surface area contributed by atoms with Crippen molar-refractivity contribution in [1.29, 1.82) is 0 Å². The van der Waals surface area contributed by atoms with E-state index in [-0.39, 0.29) is 12.5 Å². The van der Waals surface area contributed by atoms with Crippen molar-refractivity contribution < 1.29 is 14.3 Å². The molecule has 2 aromatic rings. The summed E-state index contributed by atoms with van der Waals surface area (Å²) < 4.78 is 10.8. The van der Waals surface area contributed by atoms with Gasteiger partial charge >= 0.3 is 0 Å². The molecule has 4 rings (SSSR count). The molecule has 26 heavy (non-hydrogen) atoms. The van der Waals surface area contributed by atoms with Gasteiger partial charge in [-0.3, -0.25) is 9.69 Å². The fourth-order valence-electron chi connectivity index (χ4n) is 3.65. The van der Waals surface area contributed by atoms with Crippen molar-refractivity contribution in [2.45, 2.75) is 19.0 Å². The second-order valence-electron chi connectivity index (χ2n) is 6.91. The third-order valence-electron chi connectivity index (χ3n) is 5.30. The smallest absolute Gasteiger partial charge is 0.260 e. The maximum Gasteiger partial charge on any atom is 0.260 e. The summed E-state index contributed by atoms with van der Waals surface area (Å²) in [6.07, 6.45) is 1.10. The molecule has 0 unspecified atom stereocenters. The molecule has 1 amide bonds. The summed E-state index contributed by atoms with van der Waals surface area (Å²) in [4.78, 5) is 16.7. The van der Waals surface area contributed by atoms with Gasteiger partial charge in [0.15, 0.2) is 6.61 Å². The summed E-state index contributed by atoms with van der Waals surface area (Å²) in [5, 5.41) is 0. The van der Waals surface area contributed by atoms with Crippen molar-refractivity contribution in [2.24, 2.45) is 0 Å². The van der Waals surface area contributed by atoms with Crippen LogP contribution >= 0.6 is 0 Å². The first-order chi connectivity index (χ1) is 12.7. The number of benzene rings is 2. The lowest BCUT2D eigenvalue weighted by Crippen LogP contribution is -2.62. The van der Waals surface area contributed by atoms with Crippen molar-refractivity contribution in [1.82, 2.24) is 9.80 Å². The minimum atomic E-state index is 0.0430. The van der Waals surface area contributed by atoms with E-state index in [1.54, 1.807) is 13.2 Å². The van der Waals surface area contributed by atoms with Crippen molar-refractivity contribution in [3.8, 4) is 11.5 Å². The Kier molecular flexibility index (Phi) is 4.80. The molecule has 136 valence electrons. The SMILES string of the molecule is COc1cccc(OCC(=O)N2CC(N3CCc4ccccc4C3)C2)c1. The lowest BCUT2D eigenvalue weighted by atomic mass is 9.96. The zero-order chi connectivity index (χ0) is 17.9. The minimum absolute atomic E-state index is 0.0430. The Labute approximate surface area is 154 Å². The van der Waals surface area contributed by atoms with Crippen LogP contribution in [0.3, 0.4) is 0 Å². The first kappa shape index (κ1) is 16.9. The summed E-state index contributed by atoms with van der Waals surface area (Å²) in [6.45, 7) is 3.72. The summed E-state index contributed by atoms with van der Waals surface area (Å²) in [6, 6.07) is 16.4. The molecule has 0 aliphatic carbocycles. The highest BCUT2D eigenvalue weighted by molar-refractivity contribution is 5.78. The molecule has 2 heterocycles. The normalized spacial score (nSPS) is 17.3. The van der Waals surface area contributed by atoms with E-state index in [0.717, 1.165) is 38.3 Å². The van der Waals surface area contributed by atoms with E-state index in [9.17, 15) is 4.79 Å². The molecule has 0 atom stereocenters. The molecule has 0 saturated carbocycles. The number of hydrogen-bond donors (Lipinski definition) is 0. The first-order valence-electron chi connectivity index (χ1n) is 9.08. The number of hydrogen-bond acceptors (Lipinski definition) is 4. The van der Waals surface area contributed by atoms with Gasteiger partial charge in [0.2, 0.25) is 0 Å². The maximum atomic E-state index is 12.3. The van der Waals surface area contributed by atoms with Gasteiger partial charge in [-0.1, -0.05) is 30.3 Å². The fourth-order valence-corrected chi connectivity index (χ4v) is 3.65. The van der Waals surface area contributed by atoms with Crippen LogP contribution in [0.2, 0.25) is 0 Å². The Morgan fingerprint density at radius 1 is 1.08 bits per heavy atom. The number of carbonyl (C=O) groups excluding carboxylic acids is 1. The van der Waals surface area contributed by atoms with Crippen molar-refractivity contribution >= 4 is 5.91 Å². The van der Waals surface area contributed by atoms with E-state index in [0.29, 0.717) is 11.8 Å². The highest BCUT2D eigenvalue weighted by atomic mass is 16.5. The zero-order valence-electron chi connectivity index (χ0n) is 15.1. The summed E-state index contributed by atoms with van der Waals surface area (Å²) in [7, 11) is 1.61. The van der Waals surface area contributed by atoms with E-state index in [1.807, 2.05) is 23.1 Å². The van der Waals surface area contributed by atoms with Gasteiger partial charge < -0.3 is 14.4 Å². The van der Waals surface area contributed by atoms with Crippen LogP contribution in [0.15, 0.2) is 48.5 Å². The largest absolute Gasteiger partial charge is 0.497 e. The van der Waals surface area contributed by atoms with Crippen molar-refractivity contribution in [2.75, 3.05) is 33.4 Å². The van der Waals surface area contributed by atoms with Gasteiger partial charge in [0.1, 0.15) is 11.5 Å². The van der Waals surface area contributed by atoms with Crippen LogP contribution in [0.25, 0.3) is 0 Å². The molecule has 2 aromatic carbocycles. The van der Waals surface area contributed by atoms with E-state index in [1.165, 1.54) is 11.1 Å². The van der Waals surface area contributed by atoms with Crippen LogP contribution in [0, 0.1) is 0 Å². The number of carbonyl (C=O) groups is 1. The van der Waals surface area contributed by atoms with Gasteiger partial charge in [0, 0.05) is 38.3 Å².